The lowest BCUT2D eigenvalue weighted by Crippen LogP contribution is -2.65. The first-order chi connectivity index (χ1) is 45.2. The fraction of sp³-hybridized carbons (Fsp3) is 0.735. The molecule has 12 amide bonds. The van der Waals surface area contributed by atoms with Gasteiger partial charge in [0.15, 0.2) is 0 Å². The number of rotatable bonds is 10. The highest BCUT2D eigenvalue weighted by atomic mass is 35.5. The predicted octanol–water partition coefficient (Wildman–Crippen LogP) is 4.86. The largest absolute Gasteiger partial charge is 0.417 e. The van der Waals surface area contributed by atoms with E-state index in [1.807, 2.05) is 20.8 Å². The third kappa shape index (κ3) is 19.2. The SMILES string of the molecule is CC[C@H](C)[C@@H]1NC(=O)[C@H](CC(C)C)N(C)C(=O)C[C@@H](C(=O)N2CCCCC2)N(C)C(=O)[C@H](C2CCCCC2)N(C)C(=O)C2(CCCC2)NC(=O)[C@@H]2CCCN2C(=O)[C@H](CCc2ccc(C(F)(F)F)c(Cl)c2)NC(=O)CN(C)C(=O)[C@H](CC)N(C)C(=O)CN(C)C(=O)CN(C)C1=O. The van der Waals surface area contributed by atoms with Crippen LogP contribution in [-0.4, -0.2) is 251 Å². The number of halogens is 4. The summed E-state index contributed by atoms with van der Waals surface area (Å²) in [6, 6.07) is -5.59. The Kier molecular flexibility index (Phi) is 28.0. The average Bonchev–Trinajstić information content (AvgIpc) is 1.02. The van der Waals surface area contributed by atoms with Gasteiger partial charge in [0.2, 0.25) is 70.9 Å². The third-order valence-corrected chi connectivity index (χ3v) is 20.8. The summed E-state index contributed by atoms with van der Waals surface area (Å²) < 4.78 is 41.4. The van der Waals surface area contributed by atoms with E-state index in [0.29, 0.717) is 70.0 Å². The minimum Gasteiger partial charge on any atom is -0.343 e. The number of carbonyl (C=O) groups excluding carboxylic acids is 12. The molecule has 24 nitrogen and oxygen atoms in total. The smallest absolute Gasteiger partial charge is 0.343 e. The molecule has 0 bridgehead atoms. The number of alkyl halides is 3. The van der Waals surface area contributed by atoms with Crippen molar-refractivity contribution in [2.75, 3.05) is 88.6 Å². The lowest BCUT2D eigenvalue weighted by Gasteiger charge is -2.43. The van der Waals surface area contributed by atoms with Gasteiger partial charge in [-0.25, -0.2) is 0 Å². The van der Waals surface area contributed by atoms with Gasteiger partial charge in [-0.15, -0.1) is 0 Å². The number of benzene rings is 1. The molecule has 5 aliphatic rings. The molecule has 3 N–H and O–H groups in total. The number of fused-ring (bicyclic) bond motifs is 1. The van der Waals surface area contributed by atoms with Crippen molar-refractivity contribution in [3.05, 3.63) is 34.3 Å². The number of carbonyl (C=O) groups is 12. The molecule has 28 heteroatoms. The zero-order valence-electron chi connectivity index (χ0n) is 58.3. The maximum absolute atomic E-state index is 15.8. The zero-order valence-corrected chi connectivity index (χ0v) is 59.1. The first-order valence-electron chi connectivity index (χ1n) is 34.3. The summed E-state index contributed by atoms with van der Waals surface area (Å²) >= 11 is 6.12. The Balaban J connectivity index is 1.42. The summed E-state index contributed by atoms with van der Waals surface area (Å²) in [5.74, 6) is -8.91. The number of aryl methyl sites for hydroxylation is 1. The molecular weight excluding hydrogens is 1270 g/mol. The maximum atomic E-state index is 15.8. The van der Waals surface area contributed by atoms with Crippen LogP contribution in [0.4, 0.5) is 13.2 Å². The van der Waals surface area contributed by atoms with E-state index >= 15 is 28.8 Å². The van der Waals surface area contributed by atoms with Gasteiger partial charge in [0.1, 0.15) is 47.8 Å². The molecule has 0 unspecified atom stereocenters. The molecule has 1 aromatic rings. The molecule has 0 radical (unpaired) electrons. The van der Waals surface area contributed by atoms with Crippen molar-refractivity contribution >= 4 is 82.5 Å². The minimum absolute atomic E-state index is 0.0350. The van der Waals surface area contributed by atoms with Crippen molar-refractivity contribution in [3.8, 4) is 0 Å². The minimum atomic E-state index is -4.76. The fourth-order valence-corrected chi connectivity index (χ4v) is 14.6. The molecule has 1 spiro atoms. The predicted molar refractivity (Wildman–Crippen MR) is 353 cm³/mol. The normalized spacial score (nSPS) is 26.4. The third-order valence-electron chi connectivity index (χ3n) is 20.5. The number of likely N-dealkylation sites (N-methyl/N-ethyl adjacent to an activating group) is 7. The molecule has 5 fully saturated rings. The number of nitrogens with one attached hydrogen (secondary N) is 3. The van der Waals surface area contributed by atoms with Crippen molar-refractivity contribution in [1.29, 1.82) is 0 Å². The second-order valence-electron chi connectivity index (χ2n) is 27.8. The number of hydrogen-bond donors (Lipinski definition) is 3. The molecule has 536 valence electrons. The van der Waals surface area contributed by atoms with Gasteiger partial charge in [-0.05, 0) is 119 Å². The van der Waals surface area contributed by atoms with E-state index in [0.717, 1.165) is 57.4 Å². The Bertz CT molecular complexity index is 2990. The van der Waals surface area contributed by atoms with Crippen LogP contribution in [0.25, 0.3) is 0 Å². The van der Waals surface area contributed by atoms with Crippen LogP contribution in [0.15, 0.2) is 18.2 Å². The Labute approximate surface area is 568 Å². The first-order valence-corrected chi connectivity index (χ1v) is 34.7. The topological polar surface area (TPSA) is 270 Å². The van der Waals surface area contributed by atoms with Crippen LogP contribution < -0.4 is 16.0 Å². The summed E-state index contributed by atoms with van der Waals surface area (Å²) in [4.78, 5) is 188. The Hall–Kier alpha value is -7.06. The highest BCUT2D eigenvalue weighted by Crippen LogP contribution is 2.38. The van der Waals surface area contributed by atoms with Crippen molar-refractivity contribution in [2.24, 2.45) is 17.8 Å². The molecule has 96 heavy (non-hydrogen) atoms. The number of hydrogen-bond acceptors (Lipinski definition) is 12. The second kappa shape index (κ2) is 34.4. The Morgan fingerprint density at radius 3 is 1.83 bits per heavy atom. The van der Waals surface area contributed by atoms with Crippen LogP contribution in [0.3, 0.4) is 0 Å². The number of nitrogens with zero attached hydrogens (tertiary/aromatic N) is 9. The lowest BCUT2D eigenvalue weighted by molar-refractivity contribution is -0.157. The standard InChI is InChI=1S/C68H104ClF3N12O12/c1-13-43(5)57-64(94)78(8)40-55(87)76(6)41-56(88)79(9)49(14-2)62(92)77(7)39-53(85)73-48(30-28-44-27-29-46(47(69)37-44)68(70,71)72)61(91)84-35-23-26-50(84)60(90)75-67(31-19-20-32-67)66(96)82(12)58(45-24-17-15-18-25-45)65(95)81(11)52(63(93)83-33-21-16-22-34-83)38-54(86)80(10)51(36-42(3)4)59(89)74-57/h27,29,37,42-43,45,48-52,57-58H,13-26,28,30-36,38-41H2,1-12H3,(H,73,85)(H,74,89)(H,75,90)/t43-,48-,49-,50-,51-,52-,57-,58-/m0/s1. The van der Waals surface area contributed by atoms with Gasteiger partial charge in [0.25, 0.3) is 0 Å². The fourth-order valence-electron chi connectivity index (χ4n) is 14.3. The van der Waals surface area contributed by atoms with Gasteiger partial charge in [0, 0.05) is 69.0 Å². The van der Waals surface area contributed by atoms with Crippen molar-refractivity contribution in [2.45, 2.75) is 217 Å². The molecule has 3 saturated heterocycles. The summed E-state index contributed by atoms with van der Waals surface area (Å²) in [5, 5.41) is 8.08. The van der Waals surface area contributed by atoms with Crippen LogP contribution in [0, 0.1) is 17.8 Å². The zero-order chi connectivity index (χ0) is 71.3. The highest BCUT2D eigenvalue weighted by molar-refractivity contribution is 6.31. The summed E-state index contributed by atoms with van der Waals surface area (Å²) in [6.07, 6.45) is 2.57. The van der Waals surface area contributed by atoms with E-state index in [9.17, 15) is 41.9 Å². The molecule has 2 saturated carbocycles. The Morgan fingerprint density at radius 2 is 1.24 bits per heavy atom. The van der Waals surface area contributed by atoms with E-state index < -0.39 is 173 Å². The average molecular weight is 1370 g/mol. The molecule has 3 heterocycles. The number of amides is 12. The molecule has 0 aromatic heterocycles. The second-order valence-corrected chi connectivity index (χ2v) is 28.2. The van der Waals surface area contributed by atoms with E-state index in [4.69, 9.17) is 11.6 Å². The van der Waals surface area contributed by atoms with Crippen LogP contribution in [-0.2, 0) is 70.1 Å². The van der Waals surface area contributed by atoms with Crippen molar-refractivity contribution < 1.29 is 70.7 Å². The van der Waals surface area contributed by atoms with Crippen molar-refractivity contribution in [1.82, 2.24) is 60.0 Å². The summed E-state index contributed by atoms with van der Waals surface area (Å²) in [7, 11) is 9.81. The molecule has 2 aliphatic carbocycles. The molecule has 1 aromatic carbocycles. The van der Waals surface area contributed by atoms with Gasteiger partial charge < -0.3 is 60.0 Å². The van der Waals surface area contributed by atoms with E-state index in [2.05, 4.69) is 16.0 Å². The van der Waals surface area contributed by atoms with Gasteiger partial charge in [-0.2, -0.15) is 13.2 Å². The summed E-state index contributed by atoms with van der Waals surface area (Å²) in [5.41, 5.74) is -2.35. The van der Waals surface area contributed by atoms with E-state index in [1.54, 1.807) is 18.7 Å². The first kappa shape index (κ1) is 77.9. The van der Waals surface area contributed by atoms with Gasteiger partial charge >= 0.3 is 6.18 Å². The molecule has 3 aliphatic heterocycles. The van der Waals surface area contributed by atoms with Crippen LogP contribution >= 0.6 is 11.6 Å². The number of piperidine rings is 1. The molecular formula is C68H104ClF3N12O12. The van der Waals surface area contributed by atoms with Crippen LogP contribution in [0.2, 0.25) is 5.02 Å². The quantitative estimate of drug-likeness (QED) is 0.284. The Morgan fingerprint density at radius 1 is 0.635 bits per heavy atom. The van der Waals surface area contributed by atoms with E-state index in [-0.39, 0.29) is 57.4 Å². The van der Waals surface area contributed by atoms with Gasteiger partial charge in [0.05, 0.1) is 36.6 Å². The maximum Gasteiger partial charge on any atom is 0.417 e. The van der Waals surface area contributed by atoms with Crippen molar-refractivity contribution in [3.63, 3.8) is 0 Å². The van der Waals surface area contributed by atoms with Crippen LogP contribution in [0.1, 0.15) is 168 Å². The van der Waals surface area contributed by atoms with E-state index in [1.165, 1.54) is 75.0 Å². The monoisotopic (exact) mass is 1370 g/mol. The van der Waals surface area contributed by atoms with Gasteiger partial charge in [-0.1, -0.05) is 90.8 Å². The number of likely N-dealkylation sites (tertiary alicyclic amines) is 1. The van der Waals surface area contributed by atoms with Crippen LogP contribution in [0.5, 0.6) is 0 Å². The van der Waals surface area contributed by atoms with Gasteiger partial charge in [-0.3, -0.25) is 57.5 Å². The lowest BCUT2D eigenvalue weighted by atomic mass is 9.81. The molecule has 8 atom stereocenters. The molecule has 6 rings (SSSR count). The highest BCUT2D eigenvalue weighted by Gasteiger charge is 2.51. The summed E-state index contributed by atoms with van der Waals surface area (Å²) in [6.45, 7) is 8.01.